The number of allylic oxidation sites excluding steroid dienone is 1. The molecule has 1 aliphatic rings. The summed E-state index contributed by atoms with van der Waals surface area (Å²) in [6.45, 7) is 13.5. The number of nitrogens with two attached hydrogens (primary N) is 1. The van der Waals surface area contributed by atoms with Crippen LogP contribution in [-0.2, 0) is 19.3 Å². The highest BCUT2D eigenvalue weighted by Crippen LogP contribution is 2.30. The van der Waals surface area contributed by atoms with Crippen LogP contribution in [0.1, 0.15) is 70.7 Å². The van der Waals surface area contributed by atoms with Gasteiger partial charge < -0.3 is 10.5 Å². The fraction of sp³-hybridized carbons (Fsp3) is 0.500. The number of nitrogen functional groups attached to an aromatic ring is 1. The van der Waals surface area contributed by atoms with Gasteiger partial charge in [-0.1, -0.05) is 31.2 Å². The number of nitrogens with zero attached hydrogens (tertiary/aromatic N) is 7. The van der Waals surface area contributed by atoms with Gasteiger partial charge in [0, 0.05) is 17.8 Å². The van der Waals surface area contributed by atoms with Crippen molar-refractivity contribution in [2.24, 2.45) is 5.92 Å². The maximum atomic E-state index is 6.15. The Morgan fingerprint density at radius 3 is 2.69 bits per heavy atom. The Morgan fingerprint density at radius 1 is 1.26 bits per heavy atom. The molecule has 3 heterocycles. The molecular formula is C26H38N8O. The number of aromatic nitrogens is 7. The molecule has 5 rings (SSSR count). The second kappa shape index (κ2) is 11.8. The van der Waals surface area contributed by atoms with Crippen molar-refractivity contribution in [1.82, 2.24) is 34.6 Å². The number of methoxy groups -OCH3 is 1. The first-order valence-electron chi connectivity index (χ1n) is 12.4. The summed E-state index contributed by atoms with van der Waals surface area (Å²) in [5.41, 5.74) is 10.0. The standard InChI is InChI=1S/C21H26N8O.C3H6.C2H6/c1-12(2)28-16-9-7-13(11-15(16)25-27-28)8-10-18-23-20-14-5-4-6-17(30-3)19(14)24-21(22)29(20)26-18;1-3-2;1-2/h4-6,12-13H,7-11H2,1-3H3,(H2,22,24);3H,1H2,2H3;1-2H3. The number of benzene rings is 1. The lowest BCUT2D eigenvalue weighted by atomic mass is 9.86. The second-order valence-electron chi connectivity index (χ2n) is 8.67. The molecular weight excluding hydrogens is 440 g/mol. The Labute approximate surface area is 207 Å². The lowest BCUT2D eigenvalue weighted by Crippen LogP contribution is -2.18. The van der Waals surface area contributed by atoms with Gasteiger partial charge in [0.1, 0.15) is 11.3 Å². The Bertz CT molecular complexity index is 1270. The predicted octanol–water partition coefficient (Wildman–Crippen LogP) is 5.00. The molecule has 1 unspecified atom stereocenters. The van der Waals surface area contributed by atoms with Crippen LogP contribution in [0.5, 0.6) is 5.75 Å². The fourth-order valence-corrected chi connectivity index (χ4v) is 4.41. The zero-order valence-electron chi connectivity index (χ0n) is 21.8. The van der Waals surface area contributed by atoms with E-state index < -0.39 is 0 Å². The summed E-state index contributed by atoms with van der Waals surface area (Å²) in [6.07, 6.45) is 6.71. The van der Waals surface area contributed by atoms with Gasteiger partial charge in [-0.25, -0.2) is 14.6 Å². The number of rotatable bonds is 5. The average Bonchev–Trinajstić information content (AvgIpc) is 3.49. The maximum absolute atomic E-state index is 6.15. The number of aryl methyl sites for hydroxylation is 1. The van der Waals surface area contributed by atoms with E-state index in [1.807, 2.05) is 39.0 Å². The lowest BCUT2D eigenvalue weighted by Gasteiger charge is -2.22. The Hall–Kier alpha value is -3.49. The smallest absolute Gasteiger partial charge is 0.223 e. The van der Waals surface area contributed by atoms with Crippen molar-refractivity contribution >= 4 is 22.5 Å². The van der Waals surface area contributed by atoms with Crippen molar-refractivity contribution in [2.45, 2.75) is 72.8 Å². The van der Waals surface area contributed by atoms with Crippen LogP contribution >= 0.6 is 0 Å². The zero-order valence-corrected chi connectivity index (χ0v) is 21.8. The average molecular weight is 479 g/mol. The number of anilines is 1. The Balaban J connectivity index is 0.000000638. The van der Waals surface area contributed by atoms with Gasteiger partial charge in [0.05, 0.1) is 18.5 Å². The minimum Gasteiger partial charge on any atom is -0.494 e. The first kappa shape index (κ1) is 26.1. The van der Waals surface area contributed by atoms with Crippen molar-refractivity contribution < 1.29 is 4.74 Å². The van der Waals surface area contributed by atoms with Crippen molar-refractivity contribution in [3.8, 4) is 5.75 Å². The van der Waals surface area contributed by atoms with Crippen LogP contribution in [0, 0.1) is 5.92 Å². The van der Waals surface area contributed by atoms with Gasteiger partial charge in [0.25, 0.3) is 0 Å². The molecule has 1 atom stereocenters. The van der Waals surface area contributed by atoms with Crippen LogP contribution in [0.15, 0.2) is 30.9 Å². The van der Waals surface area contributed by atoms with Gasteiger partial charge in [-0.2, -0.15) is 4.52 Å². The van der Waals surface area contributed by atoms with Gasteiger partial charge >= 0.3 is 0 Å². The third-order valence-electron chi connectivity index (χ3n) is 5.96. The number of fused-ring (bicyclic) bond motifs is 4. The number of hydrogen-bond acceptors (Lipinski definition) is 7. The monoisotopic (exact) mass is 478 g/mol. The molecule has 0 spiro atoms. The van der Waals surface area contributed by atoms with Crippen LogP contribution in [0.25, 0.3) is 16.6 Å². The van der Waals surface area contributed by atoms with E-state index in [4.69, 9.17) is 15.5 Å². The first-order chi connectivity index (χ1) is 17.0. The van der Waals surface area contributed by atoms with Crippen LogP contribution in [-0.4, -0.2) is 41.7 Å². The predicted molar refractivity (Wildman–Crippen MR) is 141 cm³/mol. The molecule has 0 bridgehead atoms. The van der Waals surface area contributed by atoms with Gasteiger partial charge in [-0.3, -0.25) is 0 Å². The van der Waals surface area contributed by atoms with Gasteiger partial charge in [0.2, 0.25) is 5.95 Å². The minimum absolute atomic E-state index is 0.313. The van der Waals surface area contributed by atoms with Crippen molar-refractivity contribution in [3.63, 3.8) is 0 Å². The Kier molecular flexibility index (Phi) is 8.78. The molecule has 0 aliphatic heterocycles. The Morgan fingerprint density at radius 2 is 2.00 bits per heavy atom. The summed E-state index contributed by atoms with van der Waals surface area (Å²) in [5, 5.41) is 14.3. The highest BCUT2D eigenvalue weighted by atomic mass is 16.5. The quantitative estimate of drug-likeness (QED) is 0.402. The third-order valence-corrected chi connectivity index (χ3v) is 5.96. The van der Waals surface area contributed by atoms with Crippen LogP contribution in [0.2, 0.25) is 0 Å². The SMILES string of the molecule is C=CC.CC.COc1cccc2c1nc(N)n1nc(CCC3CCc4c(nnn4C(C)C)C3)nc21. The number of para-hydroxylation sites is 1. The summed E-state index contributed by atoms with van der Waals surface area (Å²) in [7, 11) is 1.63. The summed E-state index contributed by atoms with van der Waals surface area (Å²) < 4.78 is 9.11. The van der Waals surface area contributed by atoms with E-state index in [0.717, 1.165) is 54.7 Å². The highest BCUT2D eigenvalue weighted by Gasteiger charge is 2.25. The summed E-state index contributed by atoms with van der Waals surface area (Å²) >= 11 is 0. The molecule has 2 N–H and O–H groups in total. The molecule has 0 fully saturated rings. The zero-order chi connectivity index (χ0) is 25.5. The van der Waals surface area contributed by atoms with E-state index in [-0.39, 0.29) is 0 Å². The normalized spacial score (nSPS) is 14.7. The number of ether oxygens (including phenoxy) is 1. The molecule has 0 saturated carbocycles. The van der Waals surface area contributed by atoms with Crippen molar-refractivity contribution in [2.75, 3.05) is 12.8 Å². The van der Waals surface area contributed by atoms with Crippen LogP contribution in [0.3, 0.4) is 0 Å². The van der Waals surface area contributed by atoms with Crippen LogP contribution < -0.4 is 10.5 Å². The first-order valence-corrected chi connectivity index (χ1v) is 12.4. The topological polar surface area (TPSA) is 109 Å². The molecule has 4 aromatic rings. The summed E-state index contributed by atoms with van der Waals surface area (Å²) in [5.74, 6) is 2.34. The van der Waals surface area contributed by atoms with E-state index in [0.29, 0.717) is 29.2 Å². The van der Waals surface area contributed by atoms with Crippen molar-refractivity contribution in [1.29, 1.82) is 0 Å². The van der Waals surface area contributed by atoms with Gasteiger partial charge in [-0.15, -0.1) is 16.8 Å². The molecule has 1 aliphatic carbocycles. The largest absolute Gasteiger partial charge is 0.494 e. The van der Waals surface area contributed by atoms with E-state index in [1.54, 1.807) is 17.7 Å². The minimum atomic E-state index is 0.313. The van der Waals surface area contributed by atoms with Gasteiger partial charge in [-0.05, 0) is 64.5 Å². The molecule has 1 aromatic carbocycles. The van der Waals surface area contributed by atoms with E-state index in [2.05, 4.69) is 45.5 Å². The number of hydrogen-bond donors (Lipinski definition) is 1. The van der Waals surface area contributed by atoms with E-state index in [1.165, 1.54) is 5.69 Å². The van der Waals surface area contributed by atoms with Crippen molar-refractivity contribution in [3.05, 3.63) is 48.1 Å². The molecule has 0 amide bonds. The molecule has 9 heteroatoms. The third kappa shape index (κ3) is 5.44. The van der Waals surface area contributed by atoms with E-state index in [9.17, 15) is 0 Å². The fourth-order valence-electron chi connectivity index (χ4n) is 4.41. The summed E-state index contributed by atoms with van der Waals surface area (Å²) in [6, 6.07) is 6.12. The van der Waals surface area contributed by atoms with Gasteiger partial charge in [0.15, 0.2) is 11.5 Å². The molecule has 188 valence electrons. The van der Waals surface area contributed by atoms with E-state index >= 15 is 0 Å². The lowest BCUT2D eigenvalue weighted by molar-refractivity contribution is 0.404. The molecule has 0 saturated heterocycles. The highest BCUT2D eigenvalue weighted by molar-refractivity contribution is 5.95. The molecule has 0 radical (unpaired) electrons. The molecule has 9 nitrogen and oxygen atoms in total. The molecule has 35 heavy (non-hydrogen) atoms. The molecule has 3 aromatic heterocycles. The maximum Gasteiger partial charge on any atom is 0.223 e. The summed E-state index contributed by atoms with van der Waals surface area (Å²) in [4.78, 5) is 9.25. The van der Waals surface area contributed by atoms with Crippen LogP contribution in [0.4, 0.5) is 5.95 Å². The second-order valence-corrected chi connectivity index (χ2v) is 8.67.